The third kappa shape index (κ3) is 89.8. The summed E-state index contributed by atoms with van der Waals surface area (Å²) in [7, 11) is -4.39. The van der Waals surface area contributed by atoms with Crippen LogP contribution in [-0.4, -0.2) is 49.3 Å². The molecule has 2 atom stereocenters. The number of nitrogens with two attached hydrogens (primary N) is 1. The molecule has 0 aromatic heterocycles. The Morgan fingerprint density at radius 2 is 0.417 bits per heavy atom. The van der Waals surface area contributed by atoms with Gasteiger partial charge in [0.2, 0.25) is 0 Å². The Labute approximate surface area is 645 Å². The fourth-order valence-electron chi connectivity index (χ4n) is 15.5. The van der Waals surface area contributed by atoms with Gasteiger partial charge in [0, 0.05) is 19.4 Å². The number of phosphoric acid groups is 1. The maximum Gasteiger partial charge on any atom is 0.472 e. The summed E-state index contributed by atoms with van der Waals surface area (Å²) in [6, 6.07) is 0. The average molecular weight is 1480 g/mol. The third-order valence-electron chi connectivity index (χ3n) is 22.5. The Morgan fingerprint density at radius 3 is 0.592 bits per heavy atom. The van der Waals surface area contributed by atoms with E-state index in [0.29, 0.717) is 12.8 Å². The van der Waals surface area contributed by atoms with Crippen LogP contribution in [0.25, 0.3) is 0 Å². The summed E-state index contributed by atoms with van der Waals surface area (Å²) in [6.45, 7) is 3.87. The van der Waals surface area contributed by atoms with Gasteiger partial charge in [0.15, 0.2) is 6.10 Å². The van der Waals surface area contributed by atoms with Crippen molar-refractivity contribution in [2.24, 2.45) is 5.73 Å². The molecule has 0 rings (SSSR count). The van der Waals surface area contributed by atoms with Crippen LogP contribution in [-0.2, 0) is 32.7 Å². The highest BCUT2D eigenvalue weighted by molar-refractivity contribution is 7.47. The predicted octanol–water partition coefficient (Wildman–Crippen LogP) is 32.3. The van der Waals surface area contributed by atoms with Gasteiger partial charge >= 0.3 is 19.8 Å². The molecule has 616 valence electrons. The maximum atomic E-state index is 12.8. The van der Waals surface area contributed by atoms with Gasteiger partial charge in [-0.05, 0) is 12.8 Å². The third-order valence-corrected chi connectivity index (χ3v) is 23.5. The summed E-state index contributed by atoms with van der Waals surface area (Å²) in [5.74, 6) is -0.791. The highest BCUT2D eigenvalue weighted by Crippen LogP contribution is 2.43. The van der Waals surface area contributed by atoms with E-state index in [-0.39, 0.29) is 32.1 Å². The maximum absolute atomic E-state index is 12.8. The quantitative estimate of drug-likeness (QED) is 0.0347. The van der Waals surface area contributed by atoms with Gasteiger partial charge in [-0.1, -0.05) is 528 Å². The first-order valence-corrected chi connectivity index (χ1v) is 49.0. The standard InChI is InChI=1S/C93H186NO8P/c1-3-5-7-9-11-13-15-17-19-21-23-25-27-29-31-33-35-37-39-41-43-45-47-49-51-53-55-57-59-61-63-65-67-69-71-73-75-77-79-81-83-85-92(95)99-89-91(90-101-103(97,98)100-88-87-94)102-93(96)86-84-82-80-78-76-74-72-70-68-66-64-62-60-58-56-54-52-50-48-46-44-42-40-38-36-34-32-30-28-26-24-22-20-18-16-14-12-10-8-6-4-2/h91H,3-90,94H2,1-2H3,(H,97,98). The van der Waals surface area contributed by atoms with Crippen LogP contribution in [0, 0.1) is 0 Å². The second kappa shape index (κ2) is 89.9. The minimum Gasteiger partial charge on any atom is -0.462 e. The Bertz CT molecular complexity index is 1650. The van der Waals surface area contributed by atoms with Crippen molar-refractivity contribution < 1.29 is 37.6 Å². The zero-order chi connectivity index (χ0) is 74.3. The van der Waals surface area contributed by atoms with Crippen LogP contribution in [0.4, 0.5) is 0 Å². The Morgan fingerprint density at radius 1 is 0.252 bits per heavy atom. The van der Waals surface area contributed by atoms with Gasteiger partial charge < -0.3 is 20.1 Å². The SMILES string of the molecule is CCCCCCCCCCCCCCCCCCCCCCCCCCCCCCCCCCCCCCCCCCCC(=O)OCC(COP(=O)(O)OCCN)OC(=O)CCCCCCCCCCCCCCCCCCCCCCCCCCCCCCCCCCCCCCCCCCC. The van der Waals surface area contributed by atoms with Crippen molar-refractivity contribution in [1.29, 1.82) is 0 Å². The summed E-state index contributed by atoms with van der Waals surface area (Å²) >= 11 is 0. The van der Waals surface area contributed by atoms with E-state index in [4.69, 9.17) is 24.3 Å². The van der Waals surface area contributed by atoms with Gasteiger partial charge in [-0.25, -0.2) is 4.57 Å². The van der Waals surface area contributed by atoms with Crippen molar-refractivity contribution in [1.82, 2.24) is 0 Å². The lowest BCUT2D eigenvalue weighted by molar-refractivity contribution is -0.161. The summed E-state index contributed by atoms with van der Waals surface area (Å²) in [5.41, 5.74) is 5.43. The van der Waals surface area contributed by atoms with E-state index in [1.165, 1.54) is 488 Å². The van der Waals surface area contributed by atoms with E-state index in [0.717, 1.165) is 32.1 Å². The zero-order valence-electron chi connectivity index (χ0n) is 70.1. The molecule has 0 saturated heterocycles. The van der Waals surface area contributed by atoms with E-state index >= 15 is 0 Å². The van der Waals surface area contributed by atoms with E-state index < -0.39 is 26.5 Å². The molecule has 0 aliphatic heterocycles. The number of phosphoric ester groups is 1. The summed E-state index contributed by atoms with van der Waals surface area (Å²) in [4.78, 5) is 35.6. The highest BCUT2D eigenvalue weighted by atomic mass is 31.2. The molecule has 9 nitrogen and oxygen atoms in total. The molecule has 0 fully saturated rings. The number of ether oxygens (including phenoxy) is 2. The zero-order valence-corrected chi connectivity index (χ0v) is 71.0. The smallest absolute Gasteiger partial charge is 0.462 e. The Hall–Kier alpha value is -0.990. The molecular weight excluding hydrogens is 1290 g/mol. The summed E-state index contributed by atoms with van der Waals surface area (Å²) < 4.78 is 33.4. The van der Waals surface area contributed by atoms with Crippen LogP contribution in [0.1, 0.15) is 553 Å². The number of unbranched alkanes of at least 4 members (excludes halogenated alkanes) is 80. The molecule has 0 aliphatic rings. The summed E-state index contributed by atoms with van der Waals surface area (Å²) in [5, 5.41) is 0. The molecule has 0 radical (unpaired) electrons. The monoisotopic (exact) mass is 1480 g/mol. The lowest BCUT2D eigenvalue weighted by Gasteiger charge is -2.19. The molecule has 0 spiro atoms. The van der Waals surface area contributed by atoms with Crippen molar-refractivity contribution in [3.63, 3.8) is 0 Å². The summed E-state index contributed by atoms with van der Waals surface area (Å²) in [6.07, 6.45) is 113. The molecule has 10 heteroatoms. The molecule has 0 bridgehead atoms. The van der Waals surface area contributed by atoms with E-state index in [2.05, 4.69) is 13.8 Å². The van der Waals surface area contributed by atoms with Gasteiger partial charge in [-0.3, -0.25) is 18.6 Å². The molecule has 0 aromatic rings. The van der Waals surface area contributed by atoms with Crippen molar-refractivity contribution in [3.8, 4) is 0 Å². The molecule has 103 heavy (non-hydrogen) atoms. The van der Waals surface area contributed by atoms with Gasteiger partial charge in [-0.2, -0.15) is 0 Å². The first-order chi connectivity index (χ1) is 50.8. The van der Waals surface area contributed by atoms with Crippen molar-refractivity contribution in [3.05, 3.63) is 0 Å². The lowest BCUT2D eigenvalue weighted by Crippen LogP contribution is -2.29. The minimum atomic E-state index is -4.39. The number of hydrogen-bond acceptors (Lipinski definition) is 8. The van der Waals surface area contributed by atoms with E-state index in [1.54, 1.807) is 0 Å². The van der Waals surface area contributed by atoms with Crippen LogP contribution in [0.5, 0.6) is 0 Å². The van der Waals surface area contributed by atoms with Crippen molar-refractivity contribution in [2.75, 3.05) is 26.4 Å². The normalized spacial score (nSPS) is 12.6. The number of carbonyl (C=O) groups excluding carboxylic acids is 2. The van der Waals surface area contributed by atoms with Crippen LogP contribution in [0.3, 0.4) is 0 Å². The molecule has 3 N–H and O–H groups in total. The molecule has 0 aromatic carbocycles. The second-order valence-electron chi connectivity index (χ2n) is 33.0. The van der Waals surface area contributed by atoms with Gasteiger partial charge in [0.25, 0.3) is 0 Å². The molecule has 0 amide bonds. The largest absolute Gasteiger partial charge is 0.472 e. The average Bonchev–Trinajstić information content (AvgIpc) is 1.08. The first-order valence-electron chi connectivity index (χ1n) is 47.5. The van der Waals surface area contributed by atoms with E-state index in [9.17, 15) is 19.0 Å². The van der Waals surface area contributed by atoms with Gasteiger partial charge in [0.1, 0.15) is 6.61 Å². The predicted molar refractivity (Wildman–Crippen MR) is 451 cm³/mol. The van der Waals surface area contributed by atoms with Crippen LogP contribution in [0.15, 0.2) is 0 Å². The van der Waals surface area contributed by atoms with Crippen LogP contribution < -0.4 is 5.73 Å². The molecule has 2 unspecified atom stereocenters. The van der Waals surface area contributed by atoms with Crippen molar-refractivity contribution in [2.45, 2.75) is 559 Å². The Kier molecular flexibility index (Phi) is 89.0. The molecular formula is C93H186NO8P. The topological polar surface area (TPSA) is 134 Å². The molecule has 0 saturated carbocycles. The number of hydrogen-bond donors (Lipinski definition) is 2. The van der Waals surface area contributed by atoms with E-state index in [1.807, 2.05) is 0 Å². The molecule has 0 heterocycles. The Balaban J connectivity index is 3.64. The first kappa shape index (κ1) is 102. The highest BCUT2D eigenvalue weighted by Gasteiger charge is 2.26. The fraction of sp³-hybridized carbons (Fsp3) is 0.978. The lowest BCUT2D eigenvalue weighted by atomic mass is 10.0. The van der Waals surface area contributed by atoms with Gasteiger partial charge in [0.05, 0.1) is 13.2 Å². The molecule has 0 aliphatic carbocycles. The van der Waals surface area contributed by atoms with Crippen LogP contribution in [0.2, 0.25) is 0 Å². The van der Waals surface area contributed by atoms with Crippen molar-refractivity contribution >= 4 is 19.8 Å². The minimum absolute atomic E-state index is 0.0591. The second-order valence-corrected chi connectivity index (χ2v) is 34.4. The number of rotatable bonds is 93. The number of carbonyl (C=O) groups is 2. The number of esters is 2. The van der Waals surface area contributed by atoms with Gasteiger partial charge in [-0.15, -0.1) is 0 Å². The van der Waals surface area contributed by atoms with Crippen LogP contribution >= 0.6 is 7.82 Å². The fourth-order valence-corrected chi connectivity index (χ4v) is 16.2.